The predicted molar refractivity (Wildman–Crippen MR) is 455 cm³/mol. The number of ether oxygens (including phenoxy) is 7. The number of fused-ring (bicyclic) bond motifs is 15. The number of nitrogens with one attached hydrogen (secondary N) is 10. The number of aromatic nitrogens is 2. The molecule has 40 nitrogen and oxygen atoms in total. The van der Waals surface area contributed by atoms with Gasteiger partial charge >= 0.3 is 5.69 Å². The molecule has 0 saturated carbocycles. The molecule has 0 radical (unpaired) electrons. The summed E-state index contributed by atoms with van der Waals surface area (Å²) in [4.78, 5) is 145. The number of morpholine rings is 1. The number of carbonyl (C=O) groups is 8. The number of rotatable bonds is 23. The van der Waals surface area contributed by atoms with Gasteiger partial charge in [-0.1, -0.05) is 78.5 Å². The van der Waals surface area contributed by atoms with Crippen LogP contribution < -0.4 is 79.0 Å². The Morgan fingerprint density at radius 1 is 0.703 bits per heavy atom. The van der Waals surface area contributed by atoms with Crippen molar-refractivity contribution in [3.63, 3.8) is 0 Å². The summed E-state index contributed by atoms with van der Waals surface area (Å²) in [7, 11) is 1.48. The van der Waals surface area contributed by atoms with Crippen LogP contribution in [0.15, 0.2) is 114 Å². The third-order valence-electron chi connectivity index (χ3n) is 22.4. The first kappa shape index (κ1) is 94.9. The van der Waals surface area contributed by atoms with Crippen molar-refractivity contribution in [3.05, 3.63) is 173 Å². The van der Waals surface area contributed by atoms with Crippen LogP contribution in [0, 0.1) is 5.92 Å². The first-order valence-electron chi connectivity index (χ1n) is 40.7. The van der Waals surface area contributed by atoms with E-state index in [-0.39, 0.29) is 110 Å². The lowest BCUT2D eigenvalue weighted by Crippen LogP contribution is -2.65. The summed E-state index contributed by atoms with van der Waals surface area (Å²) in [5, 5.41) is 131. The van der Waals surface area contributed by atoms with Crippen LogP contribution in [0.3, 0.4) is 0 Å². The van der Waals surface area contributed by atoms with E-state index in [4.69, 9.17) is 90.1 Å². The molecular weight excluding hydrogens is 1760 g/mol. The van der Waals surface area contributed by atoms with Gasteiger partial charge in [0.2, 0.25) is 53.4 Å². The minimum absolute atomic E-state index is 0.0419. The van der Waals surface area contributed by atoms with Gasteiger partial charge in [-0.15, -0.1) is 0 Å². The number of aliphatic hydroxyl groups excluding tert-OH is 6. The molecule has 1 aromatic heterocycles. The number of hydrogen-bond acceptors (Lipinski definition) is 31. The van der Waals surface area contributed by atoms with E-state index in [1.54, 1.807) is 6.92 Å². The van der Waals surface area contributed by atoms with E-state index in [1.165, 1.54) is 73.3 Å². The fourth-order valence-electron chi connectivity index (χ4n) is 15.7. The van der Waals surface area contributed by atoms with E-state index in [2.05, 4.69) is 58.3 Å². The topological polar surface area (TPSA) is 577 Å². The number of nitrogens with two attached hydrogens (primary N) is 1. The average Bonchev–Trinajstić information content (AvgIpc) is 0.783. The van der Waals surface area contributed by atoms with Crippen molar-refractivity contribution >= 4 is 99.5 Å². The third-order valence-corrected chi connectivity index (χ3v) is 23.5. The van der Waals surface area contributed by atoms with Crippen LogP contribution >= 0.6 is 46.4 Å². The Balaban J connectivity index is 0.940. The Hall–Kier alpha value is -10.7. The van der Waals surface area contributed by atoms with Gasteiger partial charge in [-0.2, -0.15) is 10.5 Å². The molecular formula is C84H96Cl4N14O26. The molecule has 1 unspecified atom stereocenters. The molecule has 0 aliphatic carbocycles. The number of halogens is 4. The Morgan fingerprint density at radius 2 is 1.35 bits per heavy atom. The largest absolute Gasteiger partial charge is 0.508 e. The minimum Gasteiger partial charge on any atom is -0.508 e. The zero-order chi connectivity index (χ0) is 92.0. The first-order valence-corrected chi connectivity index (χ1v) is 42.2. The van der Waals surface area contributed by atoms with Crippen molar-refractivity contribution in [2.75, 3.05) is 65.0 Å². The molecule has 6 aromatic carbocycles. The van der Waals surface area contributed by atoms with Crippen LogP contribution in [0.25, 0.3) is 11.1 Å². The van der Waals surface area contributed by atoms with Crippen LogP contribution in [0.4, 0.5) is 5.82 Å². The molecule has 3 saturated heterocycles. The molecule has 128 heavy (non-hydrogen) atoms. The Morgan fingerprint density at radius 3 is 1.99 bits per heavy atom. The highest BCUT2D eigenvalue weighted by Crippen LogP contribution is 2.50. The molecule has 9 heterocycles. The zero-order valence-corrected chi connectivity index (χ0v) is 72.2. The van der Waals surface area contributed by atoms with Crippen molar-refractivity contribution in [2.45, 2.75) is 163 Å². The number of benzene rings is 6. The number of phenolic OH excluding ortho intramolecular Hbond substituents is 3. The van der Waals surface area contributed by atoms with Gasteiger partial charge in [0.15, 0.2) is 23.9 Å². The van der Waals surface area contributed by atoms with Crippen molar-refractivity contribution in [3.8, 4) is 57.1 Å². The zero-order valence-electron chi connectivity index (χ0n) is 69.2. The monoisotopic (exact) mass is 1860 g/mol. The smallest absolute Gasteiger partial charge is 0.349 e. The molecule has 686 valence electrons. The number of aliphatic hydroxyl groups is 6. The molecule has 8 amide bonds. The fourth-order valence-corrected chi connectivity index (χ4v) is 16.7. The molecule has 18 atom stereocenters. The SMILES string of the molecule is CN[C@H](CC(C)C)C(=O)N[C@H]1C(=O)N[C@@H](CC(N)=O)C(=O)NC2C(=O)N[C@H]3C(=O)N[C@H](C(=O)N[C@@H](NOCCN4CCOCC4)c4cc(O)cc(O)c4-c4cc3ccc4O)[C@H](O)c3ccc(c(Cl)c3)Oc3cc2cc(c3O[C@@H]2O[C@H](CO)[C@@H](O)[C@H](O)[C@H]2O[C@H]2C[C@](C)(NCCn3ccc(NC(=O)c4cc(Cl)cc(Cl)c4)nc3=O)[C@H](O)[C@H](C)O2)Oc2ccc(cc2Cl)[C@H]1O. The van der Waals surface area contributed by atoms with Crippen molar-refractivity contribution in [1.82, 2.24) is 62.5 Å². The Kier molecular flexibility index (Phi) is 30.4. The molecule has 0 spiro atoms. The van der Waals surface area contributed by atoms with Crippen LogP contribution in [-0.4, -0.2) is 246 Å². The van der Waals surface area contributed by atoms with Gasteiger partial charge in [-0.05, 0) is 134 Å². The Bertz CT molecular complexity index is 5390. The standard InChI is InChI=1S/C84H96Cl4N14O26/c1-36(2)22-50(90-5)76(114)97-65-67(108)39-7-10-54(48(87)26-39)124-56-28-41-29-57(71(56)128-82-72(70(111)69(110)58(35-103)126-82)127-61-34-84(4,73(112)37(3)123-61)91-13-15-102-14-12-60(94-83(102)120)93-75(113)42-23-43(85)30-44(86)24-42)125-55-11-8-40(27-49(55)88)68(109)66-81(119)99-74(100-122-21-18-101-16-19-121-20-17-101)47-31-45(104)32-53(106)62(47)46-25-38(6-9-52(46)105)63(78(116)98-66)96-79(117)64(41)95-77(115)51(33-59(89)107)92-80(65)118/h6-12,14,23-32,36-37,50-51,58,61,63-70,72-74,82,90-91,100,103-106,108-112H,13,15-22,33-35H2,1-5H3,(H2,89,107)(H,92,118)(H,95,115)(H,96,117)(H,97,114)(H,98,116)(H,99,119)(H,93,94,113,120)/t37-,50+,51-,58+,61-,63+,64?,65+,66-,67+,68+,69+,70-,72+,73+,74-,82-,84-/m0/s1. The van der Waals surface area contributed by atoms with Gasteiger partial charge in [-0.25, -0.2) is 4.79 Å². The summed E-state index contributed by atoms with van der Waals surface area (Å²) in [6, 6.07) is 8.18. The van der Waals surface area contributed by atoms with E-state index >= 15 is 24.0 Å². The minimum atomic E-state index is -2.36. The summed E-state index contributed by atoms with van der Waals surface area (Å²) < 4.78 is 46.3. The van der Waals surface area contributed by atoms with Crippen LogP contribution in [0.2, 0.25) is 20.1 Å². The van der Waals surface area contributed by atoms with Crippen LogP contribution in [-0.2, 0) is 63.9 Å². The van der Waals surface area contributed by atoms with Gasteiger partial charge in [-0.3, -0.25) is 52.7 Å². The Labute approximate surface area is 750 Å². The number of primary amides is 1. The molecule has 8 aliphatic heterocycles. The number of nitrogens with zero attached hydrogens (tertiary/aromatic N) is 3. The molecule has 11 bridgehead atoms. The van der Waals surface area contributed by atoms with Crippen LogP contribution in [0.1, 0.15) is 116 Å². The van der Waals surface area contributed by atoms with Gasteiger partial charge in [0.05, 0.1) is 61.1 Å². The lowest BCUT2D eigenvalue weighted by Gasteiger charge is -2.48. The summed E-state index contributed by atoms with van der Waals surface area (Å²) in [6.45, 7) is 7.88. The van der Waals surface area contributed by atoms with Crippen molar-refractivity contribution < 1.29 is 122 Å². The summed E-state index contributed by atoms with van der Waals surface area (Å²) in [5.41, 5.74) is 4.55. The second-order valence-electron chi connectivity index (χ2n) is 32.0. The second kappa shape index (κ2) is 41.0. The normalized spacial score (nSPS) is 26.5. The number of phenols is 3. The molecule has 15 rings (SSSR count). The van der Waals surface area contributed by atoms with Gasteiger partial charge in [0.25, 0.3) is 5.91 Å². The third kappa shape index (κ3) is 21.9. The van der Waals surface area contributed by atoms with E-state index in [0.29, 0.717) is 32.8 Å². The van der Waals surface area contributed by atoms with Gasteiger partial charge < -0.3 is 133 Å². The molecule has 7 aromatic rings. The molecule has 44 heteroatoms. The maximum atomic E-state index is 16.4. The number of aromatic hydroxyl groups is 3. The van der Waals surface area contributed by atoms with Gasteiger partial charge in [0.1, 0.15) is 101 Å². The van der Waals surface area contributed by atoms with Gasteiger partial charge in [0, 0.05) is 89.2 Å². The lowest BCUT2D eigenvalue weighted by atomic mass is 9.85. The maximum absolute atomic E-state index is 16.4. The maximum Gasteiger partial charge on any atom is 0.349 e. The first-order chi connectivity index (χ1) is 60.9. The number of hydrogen-bond donors (Lipinski definition) is 20. The quantitative estimate of drug-likeness (QED) is 0.0323. The summed E-state index contributed by atoms with van der Waals surface area (Å²) >= 11 is 26.7. The molecule has 21 N–H and O–H groups in total. The fraction of sp³-hybridized carbons (Fsp3) is 0.429. The summed E-state index contributed by atoms with van der Waals surface area (Å²) in [6.07, 6.45) is -19.6. The van der Waals surface area contributed by atoms with Crippen molar-refractivity contribution in [1.29, 1.82) is 0 Å². The van der Waals surface area contributed by atoms with E-state index in [0.717, 1.165) is 54.6 Å². The van der Waals surface area contributed by atoms with Crippen molar-refractivity contribution in [2.24, 2.45) is 11.7 Å². The number of amides is 8. The number of anilines is 1. The highest BCUT2D eigenvalue weighted by atomic mass is 35.5. The van der Waals surface area contributed by atoms with E-state index < -0.39 is 220 Å². The van der Waals surface area contributed by atoms with E-state index in [9.17, 15) is 65.1 Å². The lowest BCUT2D eigenvalue weighted by molar-refractivity contribution is -0.334. The second-order valence-corrected chi connectivity index (χ2v) is 33.7. The highest BCUT2D eigenvalue weighted by Gasteiger charge is 2.52. The number of likely N-dealkylation sites (N-methyl/N-ethyl adjacent to an activating group) is 1. The summed E-state index contributed by atoms with van der Waals surface area (Å²) in [5.74, 6) is -14.2. The predicted octanol–water partition coefficient (Wildman–Crippen LogP) is 2.28. The van der Waals surface area contributed by atoms with E-state index in [1.807, 2.05) is 18.7 Å². The van der Waals surface area contributed by atoms with Crippen LogP contribution in [0.5, 0.6) is 46.0 Å². The number of hydroxylamine groups is 1. The molecule has 8 aliphatic rings. The number of carbonyl (C=O) groups excluding carboxylic acids is 8. The highest BCUT2D eigenvalue weighted by molar-refractivity contribution is 6.35. The average molecular weight is 1860 g/mol. The molecule has 3 fully saturated rings.